The van der Waals surface area contributed by atoms with E-state index < -0.39 is 11.2 Å². The Kier molecular flexibility index (Phi) is 16.0. The first-order chi connectivity index (χ1) is 33.4. The highest BCUT2D eigenvalue weighted by molar-refractivity contribution is 7.23. The number of rotatable bonds is 9. The smallest absolute Gasteiger partial charge is 0.410 e. The van der Waals surface area contributed by atoms with Crippen molar-refractivity contribution in [1.82, 2.24) is 40.4 Å². The van der Waals surface area contributed by atoms with Crippen LogP contribution in [0.25, 0.3) is 41.6 Å². The summed E-state index contributed by atoms with van der Waals surface area (Å²) in [5.41, 5.74) is 10.9. The molecule has 0 atom stereocenters. The molecule has 0 aromatic carbocycles. The van der Waals surface area contributed by atoms with Gasteiger partial charge in [0.25, 0.3) is 0 Å². The molecule has 1 aliphatic carbocycles. The maximum Gasteiger partial charge on any atom is 0.410 e. The fraction of sp³-hybridized carbons (Fsp3) is 0.469. The summed E-state index contributed by atoms with van der Waals surface area (Å²) in [5.74, 6) is -0.205. The molecule has 21 heteroatoms. The zero-order valence-electron chi connectivity index (χ0n) is 40.4. The molecule has 4 amide bonds. The fourth-order valence-corrected chi connectivity index (χ4v) is 12.7. The maximum atomic E-state index is 12.6. The fourth-order valence-electron chi connectivity index (χ4n) is 8.02. The number of aromatic nitrogens is 4. The molecule has 2 fully saturated rings. The lowest BCUT2D eigenvalue weighted by molar-refractivity contribution is -0.116. The second kappa shape index (κ2) is 21.9. The van der Waals surface area contributed by atoms with Crippen molar-refractivity contribution in [3.8, 4) is 21.1 Å². The van der Waals surface area contributed by atoms with Gasteiger partial charge in [0.15, 0.2) is 0 Å². The number of thiazole rings is 2. The third-order valence-electron chi connectivity index (χ3n) is 11.5. The van der Waals surface area contributed by atoms with Gasteiger partial charge in [-0.05, 0) is 103 Å². The number of ether oxygens (including phenoxy) is 2. The number of pyridine rings is 2. The molecule has 2 saturated heterocycles. The molecule has 4 aliphatic rings. The number of anilines is 2. The first kappa shape index (κ1) is 51.0. The molecule has 6 aromatic heterocycles. The number of fused-ring (bicyclic) bond motifs is 4. The monoisotopic (exact) mass is 1030 g/mol. The lowest BCUT2D eigenvalue weighted by Gasteiger charge is -2.37. The summed E-state index contributed by atoms with van der Waals surface area (Å²) >= 11 is 6.46. The summed E-state index contributed by atoms with van der Waals surface area (Å²) in [6.45, 7) is 19.6. The second-order valence-electron chi connectivity index (χ2n) is 19.4. The number of nitrogens with zero attached hydrogens (tertiary/aromatic N) is 6. The van der Waals surface area contributed by atoms with Crippen LogP contribution in [0.2, 0.25) is 0 Å². The van der Waals surface area contributed by atoms with Gasteiger partial charge in [0, 0.05) is 91.0 Å². The number of carbonyl (C=O) groups excluding carboxylic acids is 4. The highest BCUT2D eigenvalue weighted by atomic mass is 32.1. The van der Waals surface area contributed by atoms with E-state index in [1.807, 2.05) is 59.9 Å². The lowest BCUT2D eigenvalue weighted by Crippen LogP contribution is -2.58. The molecule has 0 radical (unpaired) electrons. The van der Waals surface area contributed by atoms with Crippen molar-refractivity contribution >= 4 is 99.8 Å². The molecule has 6 aromatic rings. The van der Waals surface area contributed by atoms with Crippen molar-refractivity contribution in [3.05, 3.63) is 70.5 Å². The van der Waals surface area contributed by atoms with E-state index in [1.54, 1.807) is 62.4 Å². The van der Waals surface area contributed by atoms with E-state index in [1.165, 1.54) is 40.7 Å². The molecule has 0 spiro atoms. The molecule has 372 valence electrons. The Labute approximate surface area is 423 Å². The van der Waals surface area contributed by atoms with Gasteiger partial charge in [-0.25, -0.2) is 19.6 Å². The van der Waals surface area contributed by atoms with Gasteiger partial charge in [-0.1, -0.05) is 6.58 Å². The van der Waals surface area contributed by atoms with E-state index in [0.717, 1.165) is 87.9 Å². The highest BCUT2D eigenvalue weighted by Gasteiger charge is 2.33. The number of hydrogen-bond acceptors (Lipinski definition) is 17. The van der Waals surface area contributed by atoms with Crippen molar-refractivity contribution < 1.29 is 28.7 Å². The predicted octanol–water partition coefficient (Wildman–Crippen LogP) is 8.59. The summed E-state index contributed by atoms with van der Waals surface area (Å²) < 4.78 is 12.8. The Hall–Kier alpha value is -5.42. The molecular weight excluding hydrogens is 967 g/mol. The third-order valence-corrected chi connectivity index (χ3v) is 15.9. The Morgan fingerprint density at radius 2 is 1.34 bits per heavy atom. The minimum absolute atomic E-state index is 0.0717. The van der Waals surface area contributed by atoms with Crippen LogP contribution in [-0.2, 0) is 44.9 Å². The number of amides is 4. The highest BCUT2D eigenvalue weighted by Crippen LogP contribution is 2.47. The van der Waals surface area contributed by atoms with Crippen LogP contribution in [0.15, 0.2) is 49.6 Å². The van der Waals surface area contributed by atoms with Crippen LogP contribution in [0, 0.1) is 0 Å². The van der Waals surface area contributed by atoms with Crippen molar-refractivity contribution in [2.75, 3.05) is 49.9 Å². The molecule has 0 unspecified atom stereocenters. The van der Waals surface area contributed by atoms with Crippen LogP contribution >= 0.6 is 45.3 Å². The van der Waals surface area contributed by atoms with Gasteiger partial charge in [-0.3, -0.25) is 19.6 Å². The quantitative estimate of drug-likeness (QED) is 0.0858. The van der Waals surface area contributed by atoms with Crippen LogP contribution in [0.4, 0.5) is 19.6 Å². The average Bonchev–Trinajstić information content (AvgIpc) is 4.07. The van der Waals surface area contributed by atoms with Gasteiger partial charge in [0.2, 0.25) is 11.8 Å². The van der Waals surface area contributed by atoms with E-state index >= 15 is 0 Å². The van der Waals surface area contributed by atoms with E-state index in [-0.39, 0.29) is 30.0 Å². The lowest BCUT2D eigenvalue weighted by atomic mass is 9.96. The summed E-state index contributed by atoms with van der Waals surface area (Å²) in [6, 6.07) is 4.59. The topological polar surface area (TPSA) is 219 Å². The van der Waals surface area contributed by atoms with Crippen LogP contribution in [-0.4, -0.2) is 116 Å². The molecule has 10 rings (SSSR count). The van der Waals surface area contributed by atoms with Crippen molar-refractivity contribution in [3.63, 3.8) is 0 Å². The van der Waals surface area contributed by atoms with E-state index in [2.05, 4.69) is 37.8 Å². The number of nitrogens with two attached hydrogens (primary N) is 1. The first-order valence-electron chi connectivity index (χ1n) is 23.5. The summed E-state index contributed by atoms with van der Waals surface area (Å²) in [4.78, 5) is 72.0. The van der Waals surface area contributed by atoms with Gasteiger partial charge in [-0.2, -0.15) is 0 Å². The standard InChI is InChI=1S/C21H22N4O3S2.C20H23N5OS2.C8H16N2O2/c1-5-16(26)24-19-17(18-23-13-10-22-8-6-14(13)29-18)12-7-9-25(11-15(12)30-19)20(27)28-21(2,3)4;26-17(6-8-23-12-9-22-10-12)25-20-18(13-3-1-2-4-15(13)27-20)19-24-14-11-21-7-5-16(14)28-19;1-8(2,3)12-7(11)10-4-6(9)5-10/h5-6,8,10H,1,7,9,11H2,2-4H3,(H,24,26);5,7,11-12,22-23H,1-4,6,8-10H2,(H,25,26);6H,4-5,9H2,1-3H3. The SMILES string of the molecule is C=CC(=O)Nc1sc2c(c1-c1nc3cnccc3s1)CCN(C(=O)OC(C)(C)C)C2.CC(C)(C)OC(=O)N1CC(N)C1.O=C(CCNC1CNC1)Nc1sc2c(c1-c1nc3cnccc3s1)CCCC2. The maximum absolute atomic E-state index is 12.6. The van der Waals surface area contributed by atoms with Gasteiger partial charge < -0.3 is 46.3 Å². The average molecular weight is 1030 g/mol. The number of hydrogen-bond donors (Lipinski definition) is 5. The number of aryl methyl sites for hydroxylation is 1. The largest absolute Gasteiger partial charge is 0.444 e. The molecule has 17 nitrogen and oxygen atoms in total. The molecule has 9 heterocycles. The van der Waals surface area contributed by atoms with E-state index in [4.69, 9.17) is 25.2 Å². The van der Waals surface area contributed by atoms with Crippen LogP contribution in [0.3, 0.4) is 0 Å². The van der Waals surface area contributed by atoms with Crippen molar-refractivity contribution in [2.24, 2.45) is 5.73 Å². The summed E-state index contributed by atoms with van der Waals surface area (Å²) in [5, 5.41) is 16.3. The zero-order valence-corrected chi connectivity index (χ0v) is 43.7. The van der Waals surface area contributed by atoms with Gasteiger partial charge in [0.1, 0.15) is 42.3 Å². The Balaban J connectivity index is 0.000000153. The number of thiophene rings is 2. The Bertz CT molecular complexity index is 2800. The number of nitrogens with one attached hydrogen (secondary N) is 4. The van der Waals surface area contributed by atoms with Crippen LogP contribution in [0.1, 0.15) is 81.7 Å². The minimum Gasteiger partial charge on any atom is -0.444 e. The summed E-state index contributed by atoms with van der Waals surface area (Å²) in [7, 11) is 0. The normalized spacial score (nSPS) is 15.8. The summed E-state index contributed by atoms with van der Waals surface area (Å²) in [6.07, 6.45) is 13.5. The van der Waals surface area contributed by atoms with E-state index in [0.29, 0.717) is 51.6 Å². The Morgan fingerprint density at radius 1 is 0.786 bits per heavy atom. The first-order valence-corrected chi connectivity index (χ1v) is 26.8. The van der Waals surface area contributed by atoms with Gasteiger partial charge >= 0.3 is 12.2 Å². The van der Waals surface area contributed by atoms with Gasteiger partial charge in [0.05, 0.1) is 28.3 Å². The number of carbonyl (C=O) groups is 4. The number of likely N-dealkylation sites (tertiary alicyclic amines) is 1. The predicted molar refractivity (Wildman–Crippen MR) is 281 cm³/mol. The second-order valence-corrected chi connectivity index (χ2v) is 23.7. The molecule has 0 saturated carbocycles. The zero-order chi connectivity index (χ0) is 49.7. The minimum atomic E-state index is -0.546. The molecule has 70 heavy (non-hydrogen) atoms. The molecular formula is C49H61N11O6S4. The molecule has 6 N–H and O–H groups in total. The Morgan fingerprint density at radius 3 is 1.89 bits per heavy atom. The molecule has 0 bridgehead atoms. The van der Waals surface area contributed by atoms with E-state index in [9.17, 15) is 19.2 Å². The van der Waals surface area contributed by atoms with Crippen LogP contribution in [0.5, 0.6) is 0 Å². The van der Waals surface area contributed by atoms with Crippen molar-refractivity contribution in [1.29, 1.82) is 0 Å². The van der Waals surface area contributed by atoms with Crippen molar-refractivity contribution in [2.45, 2.75) is 110 Å². The van der Waals surface area contributed by atoms with Gasteiger partial charge in [-0.15, -0.1) is 45.3 Å². The third kappa shape index (κ3) is 12.7. The van der Waals surface area contributed by atoms with Crippen LogP contribution < -0.4 is 27.0 Å². The molecule has 3 aliphatic heterocycles.